The van der Waals surface area contributed by atoms with Crippen molar-refractivity contribution in [2.24, 2.45) is 7.05 Å². The first kappa shape index (κ1) is 12.1. The smallest absolute Gasteiger partial charge is 0.198 e. The van der Waals surface area contributed by atoms with E-state index in [0.29, 0.717) is 26.9 Å². The van der Waals surface area contributed by atoms with Crippen molar-refractivity contribution in [3.05, 3.63) is 51.3 Å². The molecule has 0 bridgehead atoms. The molecule has 2 aromatic rings. The zero-order valence-corrected chi connectivity index (χ0v) is 10.9. The molecule has 0 saturated heterocycles. The summed E-state index contributed by atoms with van der Waals surface area (Å²) in [6.07, 6.45) is 1.68. The Labute approximate surface area is 109 Å². The highest BCUT2D eigenvalue weighted by Gasteiger charge is 2.17. The minimum absolute atomic E-state index is 0.164. The van der Waals surface area contributed by atoms with Crippen molar-refractivity contribution in [2.45, 2.75) is 6.92 Å². The lowest BCUT2D eigenvalue weighted by Gasteiger charge is -2.02. The minimum Gasteiger partial charge on any atom is -0.288 e. The van der Waals surface area contributed by atoms with Crippen molar-refractivity contribution >= 4 is 29.0 Å². The summed E-state index contributed by atoms with van der Waals surface area (Å²) in [5.41, 5.74) is 1.61. The van der Waals surface area contributed by atoms with Crippen molar-refractivity contribution < 1.29 is 4.79 Å². The normalized spacial score (nSPS) is 10.6. The van der Waals surface area contributed by atoms with Crippen LogP contribution in [0.15, 0.2) is 24.4 Å². The molecule has 17 heavy (non-hydrogen) atoms. The van der Waals surface area contributed by atoms with Crippen LogP contribution in [0.3, 0.4) is 0 Å². The molecular weight excluding hydrogens is 259 g/mol. The summed E-state index contributed by atoms with van der Waals surface area (Å²) in [5, 5.41) is 5.01. The number of hydrogen-bond acceptors (Lipinski definition) is 2. The fourth-order valence-corrected chi connectivity index (χ4v) is 2.01. The highest BCUT2D eigenvalue weighted by atomic mass is 35.5. The molecule has 0 atom stereocenters. The number of aryl methyl sites for hydroxylation is 2. The number of ketones is 1. The Morgan fingerprint density at radius 3 is 2.59 bits per heavy atom. The maximum absolute atomic E-state index is 12.3. The average Bonchev–Trinajstić information content (AvgIpc) is 2.60. The highest BCUT2D eigenvalue weighted by molar-refractivity contribution is 6.36. The maximum Gasteiger partial charge on any atom is 0.198 e. The van der Waals surface area contributed by atoms with Gasteiger partial charge in [-0.05, 0) is 25.1 Å². The van der Waals surface area contributed by atoms with Crippen molar-refractivity contribution in [1.29, 1.82) is 0 Å². The number of benzene rings is 1. The van der Waals surface area contributed by atoms with Crippen molar-refractivity contribution in [3.63, 3.8) is 0 Å². The lowest BCUT2D eigenvalue weighted by Crippen LogP contribution is -2.02. The average molecular weight is 269 g/mol. The van der Waals surface area contributed by atoms with Gasteiger partial charge in [0, 0.05) is 23.8 Å². The zero-order valence-electron chi connectivity index (χ0n) is 9.37. The van der Waals surface area contributed by atoms with Gasteiger partial charge in [-0.3, -0.25) is 9.48 Å². The number of halogens is 2. The Bertz CT molecular complexity index is 590. The Morgan fingerprint density at radius 2 is 2.00 bits per heavy atom. The quantitative estimate of drug-likeness (QED) is 0.784. The second-order valence-electron chi connectivity index (χ2n) is 3.76. The van der Waals surface area contributed by atoms with Gasteiger partial charge in [-0.2, -0.15) is 5.10 Å². The fourth-order valence-electron chi connectivity index (χ4n) is 1.64. The van der Waals surface area contributed by atoms with Gasteiger partial charge in [0.1, 0.15) is 0 Å². The molecule has 3 nitrogen and oxygen atoms in total. The maximum atomic E-state index is 12.3. The lowest BCUT2D eigenvalue weighted by molar-refractivity contribution is 0.103. The molecular formula is C12H10Cl2N2O. The van der Waals surface area contributed by atoms with E-state index in [0.717, 1.165) is 0 Å². The molecule has 0 spiro atoms. The predicted molar refractivity (Wildman–Crippen MR) is 67.8 cm³/mol. The van der Waals surface area contributed by atoms with Crippen LogP contribution in [-0.4, -0.2) is 15.6 Å². The minimum atomic E-state index is -0.164. The molecule has 0 unspecified atom stereocenters. The largest absolute Gasteiger partial charge is 0.288 e. The van der Waals surface area contributed by atoms with Gasteiger partial charge in [0.25, 0.3) is 0 Å². The van der Waals surface area contributed by atoms with E-state index in [9.17, 15) is 4.79 Å². The Morgan fingerprint density at radius 1 is 1.29 bits per heavy atom. The van der Waals surface area contributed by atoms with Crippen LogP contribution in [0.5, 0.6) is 0 Å². The summed E-state index contributed by atoms with van der Waals surface area (Å²) in [7, 11) is 1.77. The first-order chi connectivity index (χ1) is 7.99. The Balaban J connectivity index is 2.50. The van der Waals surface area contributed by atoms with Crippen LogP contribution in [0.1, 0.15) is 21.6 Å². The van der Waals surface area contributed by atoms with Crippen LogP contribution < -0.4 is 0 Å². The zero-order chi connectivity index (χ0) is 12.6. The van der Waals surface area contributed by atoms with E-state index in [1.54, 1.807) is 43.0 Å². The summed E-state index contributed by atoms with van der Waals surface area (Å²) < 4.78 is 1.60. The molecule has 0 aliphatic carbocycles. The number of hydrogen-bond donors (Lipinski definition) is 0. The summed E-state index contributed by atoms with van der Waals surface area (Å²) in [5.74, 6) is -0.164. The van der Waals surface area contributed by atoms with Gasteiger partial charge in [-0.15, -0.1) is 0 Å². The summed E-state index contributed by atoms with van der Waals surface area (Å²) >= 11 is 11.9. The molecule has 0 N–H and O–H groups in total. The number of aromatic nitrogens is 2. The summed E-state index contributed by atoms with van der Waals surface area (Å²) in [6.45, 7) is 1.78. The van der Waals surface area contributed by atoms with Crippen molar-refractivity contribution in [3.8, 4) is 0 Å². The number of carbonyl (C=O) groups excluding carboxylic acids is 1. The van der Waals surface area contributed by atoms with Crippen LogP contribution in [0, 0.1) is 6.92 Å². The van der Waals surface area contributed by atoms with E-state index in [1.807, 2.05) is 0 Å². The molecule has 0 aliphatic heterocycles. The van der Waals surface area contributed by atoms with Gasteiger partial charge in [0.2, 0.25) is 0 Å². The molecule has 0 saturated carbocycles. The highest BCUT2D eigenvalue weighted by Crippen LogP contribution is 2.24. The van der Waals surface area contributed by atoms with Gasteiger partial charge in [0.15, 0.2) is 5.78 Å². The van der Waals surface area contributed by atoms with Crippen LogP contribution >= 0.6 is 23.2 Å². The van der Waals surface area contributed by atoms with E-state index < -0.39 is 0 Å². The SMILES string of the molecule is Cc1nn(C)cc1C(=O)c1cc(Cl)ccc1Cl. The molecule has 1 heterocycles. The second-order valence-corrected chi connectivity index (χ2v) is 4.60. The van der Waals surface area contributed by atoms with Gasteiger partial charge in [-0.25, -0.2) is 0 Å². The molecule has 0 radical (unpaired) electrons. The number of rotatable bonds is 2. The van der Waals surface area contributed by atoms with E-state index in [4.69, 9.17) is 23.2 Å². The van der Waals surface area contributed by atoms with Crippen LogP contribution in [-0.2, 0) is 7.05 Å². The van der Waals surface area contributed by atoms with Gasteiger partial charge >= 0.3 is 0 Å². The van der Waals surface area contributed by atoms with Crippen LogP contribution in [0.25, 0.3) is 0 Å². The standard InChI is InChI=1S/C12H10Cl2N2O/c1-7-10(6-16(2)15-7)12(17)9-5-8(13)3-4-11(9)14/h3-6H,1-2H3. The topological polar surface area (TPSA) is 34.9 Å². The Hall–Kier alpha value is -1.32. The molecule has 2 rings (SSSR count). The third-order valence-corrected chi connectivity index (χ3v) is 3.00. The summed E-state index contributed by atoms with van der Waals surface area (Å²) in [6, 6.07) is 4.83. The van der Waals surface area contributed by atoms with Crippen LogP contribution in [0.4, 0.5) is 0 Å². The second kappa shape index (κ2) is 4.51. The van der Waals surface area contributed by atoms with E-state index in [-0.39, 0.29) is 5.78 Å². The van der Waals surface area contributed by atoms with Crippen molar-refractivity contribution in [2.75, 3.05) is 0 Å². The first-order valence-corrected chi connectivity index (χ1v) is 5.74. The summed E-state index contributed by atoms with van der Waals surface area (Å²) in [4.78, 5) is 12.3. The molecule has 0 fully saturated rings. The van der Waals surface area contributed by atoms with E-state index in [1.165, 1.54) is 0 Å². The fraction of sp³-hybridized carbons (Fsp3) is 0.167. The molecule has 1 aromatic carbocycles. The predicted octanol–water partition coefficient (Wildman–Crippen LogP) is 3.27. The monoisotopic (exact) mass is 268 g/mol. The molecule has 5 heteroatoms. The Kier molecular flexibility index (Phi) is 3.22. The molecule has 1 aromatic heterocycles. The molecule has 0 aliphatic rings. The van der Waals surface area contributed by atoms with E-state index >= 15 is 0 Å². The van der Waals surface area contributed by atoms with Crippen molar-refractivity contribution in [1.82, 2.24) is 9.78 Å². The van der Waals surface area contributed by atoms with E-state index in [2.05, 4.69) is 5.10 Å². The first-order valence-electron chi connectivity index (χ1n) is 4.99. The lowest BCUT2D eigenvalue weighted by atomic mass is 10.0. The van der Waals surface area contributed by atoms with Gasteiger partial charge < -0.3 is 0 Å². The van der Waals surface area contributed by atoms with Crippen LogP contribution in [0.2, 0.25) is 10.0 Å². The third-order valence-electron chi connectivity index (χ3n) is 2.43. The molecule has 0 amide bonds. The van der Waals surface area contributed by atoms with Gasteiger partial charge in [0.05, 0.1) is 16.3 Å². The third kappa shape index (κ3) is 2.35. The number of carbonyl (C=O) groups is 1. The molecule has 88 valence electrons. The number of nitrogens with zero attached hydrogens (tertiary/aromatic N) is 2. The van der Waals surface area contributed by atoms with Gasteiger partial charge in [-0.1, -0.05) is 23.2 Å².